The number of halogens is 2. The van der Waals surface area contributed by atoms with Gasteiger partial charge in [-0.3, -0.25) is 4.79 Å². The molecule has 7 nitrogen and oxygen atoms in total. The van der Waals surface area contributed by atoms with Crippen molar-refractivity contribution in [2.75, 3.05) is 24.7 Å². The molecule has 2 heterocycles. The van der Waals surface area contributed by atoms with E-state index in [-0.39, 0.29) is 10.7 Å². The molecule has 2 aromatic heterocycles. The Balaban J connectivity index is 0.00000149. The average molecular weight is 471 g/mol. The first-order chi connectivity index (χ1) is 16.0. The zero-order valence-corrected chi connectivity index (χ0v) is 18.5. The Kier molecular flexibility index (Phi) is 7.75. The molecular formula is C23H20F2N4O3S. The number of pyridine rings is 2. The van der Waals surface area contributed by atoms with E-state index < -0.39 is 11.6 Å². The molecular weight excluding hydrogens is 450 g/mol. The summed E-state index contributed by atoms with van der Waals surface area (Å²) in [6, 6.07) is 12.4. The third-order valence-electron chi connectivity index (χ3n) is 4.54. The number of carbonyl (C=O) groups excluding carboxylic acids is 1. The van der Waals surface area contributed by atoms with Gasteiger partial charge in [0.2, 0.25) is 5.88 Å². The molecule has 0 bridgehead atoms. The Labute approximate surface area is 192 Å². The summed E-state index contributed by atoms with van der Waals surface area (Å²) in [4.78, 5) is 19.9. The largest absolute Gasteiger partial charge is 0.480 e. The number of anilines is 2. The van der Waals surface area contributed by atoms with Crippen molar-refractivity contribution in [3.05, 3.63) is 71.9 Å². The van der Waals surface area contributed by atoms with Gasteiger partial charge in [-0.05, 0) is 53.9 Å². The molecule has 0 amide bonds. The fourth-order valence-electron chi connectivity index (χ4n) is 3.00. The molecule has 0 saturated carbocycles. The Hall–Kier alpha value is -3.76. The van der Waals surface area contributed by atoms with Crippen molar-refractivity contribution >= 4 is 40.6 Å². The zero-order chi connectivity index (χ0) is 24.0. The molecule has 0 fully saturated rings. The van der Waals surface area contributed by atoms with E-state index in [4.69, 9.17) is 15.6 Å². The van der Waals surface area contributed by atoms with Gasteiger partial charge < -0.3 is 20.3 Å². The van der Waals surface area contributed by atoms with Crippen LogP contribution in [0.4, 0.5) is 20.3 Å². The number of rotatable bonds is 6. The van der Waals surface area contributed by atoms with E-state index >= 15 is 0 Å². The van der Waals surface area contributed by atoms with Gasteiger partial charge in [-0.1, -0.05) is 6.07 Å². The number of aromatic nitrogens is 2. The van der Waals surface area contributed by atoms with Crippen LogP contribution in [0, 0.1) is 11.6 Å². The maximum Gasteiger partial charge on any atom is 0.237 e. The van der Waals surface area contributed by atoms with Gasteiger partial charge >= 0.3 is 0 Å². The topological polar surface area (TPSA) is 110 Å². The van der Waals surface area contributed by atoms with E-state index in [1.165, 1.54) is 19.2 Å². The predicted octanol–water partition coefficient (Wildman–Crippen LogP) is 4.71. The molecule has 0 aliphatic carbocycles. The van der Waals surface area contributed by atoms with Gasteiger partial charge in [-0.15, -0.1) is 0 Å². The maximum absolute atomic E-state index is 13.9. The summed E-state index contributed by atoms with van der Waals surface area (Å²) in [5, 5.41) is 7.75. The highest BCUT2D eigenvalue weighted by Crippen LogP contribution is 2.33. The van der Waals surface area contributed by atoms with Gasteiger partial charge in [0.25, 0.3) is 0 Å². The first-order valence-electron chi connectivity index (χ1n) is 9.51. The van der Waals surface area contributed by atoms with Crippen LogP contribution >= 0.6 is 11.9 Å². The molecule has 0 spiro atoms. The van der Waals surface area contributed by atoms with Gasteiger partial charge in [0.1, 0.15) is 23.1 Å². The Morgan fingerprint density at radius 1 is 1.09 bits per heavy atom. The van der Waals surface area contributed by atoms with E-state index in [0.29, 0.717) is 28.9 Å². The number of aliphatic hydroxyl groups excluding tert-OH is 1. The van der Waals surface area contributed by atoms with Crippen molar-refractivity contribution in [1.29, 1.82) is 0 Å². The number of hydrogen-bond donors (Lipinski definition) is 3. The minimum absolute atomic E-state index is 0.179. The molecule has 4 N–H and O–H groups in total. The second-order valence-electron chi connectivity index (χ2n) is 6.55. The first kappa shape index (κ1) is 23.9. The van der Waals surface area contributed by atoms with Crippen LogP contribution in [-0.4, -0.2) is 35.6 Å². The summed E-state index contributed by atoms with van der Waals surface area (Å²) in [6.07, 6.45) is 2.30. The molecule has 4 aromatic rings. The number of nitrogen functional groups attached to an aromatic ring is 1. The third kappa shape index (κ3) is 5.36. The molecule has 0 aliphatic rings. The Bertz CT molecular complexity index is 1300. The third-order valence-corrected chi connectivity index (χ3v) is 5.42. The quantitative estimate of drug-likeness (QED) is 0.275. The predicted molar refractivity (Wildman–Crippen MR) is 125 cm³/mol. The monoisotopic (exact) mass is 470 g/mol. The Morgan fingerprint density at radius 3 is 2.58 bits per heavy atom. The molecule has 170 valence electrons. The molecule has 0 atom stereocenters. The SMILES string of the molecule is CO.COc1ncc(-c2ccc3nc(N)c(C=O)cc3c2)cc1NSc1ccc(F)cc1F. The van der Waals surface area contributed by atoms with Crippen LogP contribution in [0.3, 0.4) is 0 Å². The molecule has 0 saturated heterocycles. The molecule has 2 aromatic carbocycles. The van der Waals surface area contributed by atoms with Gasteiger partial charge in [-0.2, -0.15) is 0 Å². The first-order valence-corrected chi connectivity index (χ1v) is 10.3. The van der Waals surface area contributed by atoms with Crippen LogP contribution < -0.4 is 15.2 Å². The van der Waals surface area contributed by atoms with E-state index in [9.17, 15) is 13.6 Å². The standard InChI is InChI=1S/C22H16F2N4O2S.CH4O/c1-30-22-19(28-31-20-5-3-16(23)9-17(20)24)8-14(10-26-22)12-2-4-18-13(6-12)7-15(11-29)21(25)27-18;1-2/h2-11,28H,1H3,(H2,25,27);2H,1H3. The van der Waals surface area contributed by atoms with E-state index in [2.05, 4.69) is 14.7 Å². The number of nitrogens with zero attached hydrogens (tertiary/aromatic N) is 2. The van der Waals surface area contributed by atoms with Crippen molar-refractivity contribution in [2.24, 2.45) is 0 Å². The number of benzene rings is 2. The fraction of sp³-hybridized carbons (Fsp3) is 0.0870. The van der Waals surface area contributed by atoms with Gasteiger partial charge in [0, 0.05) is 30.3 Å². The average Bonchev–Trinajstić information content (AvgIpc) is 2.84. The van der Waals surface area contributed by atoms with Crippen molar-refractivity contribution in [3.63, 3.8) is 0 Å². The number of aliphatic hydroxyl groups is 1. The normalized spacial score (nSPS) is 10.3. The molecule has 0 radical (unpaired) electrons. The lowest BCUT2D eigenvalue weighted by Crippen LogP contribution is -1.98. The number of aldehydes is 1. The summed E-state index contributed by atoms with van der Waals surface area (Å²) in [7, 11) is 2.48. The van der Waals surface area contributed by atoms with Crippen LogP contribution in [-0.2, 0) is 0 Å². The highest BCUT2D eigenvalue weighted by atomic mass is 32.2. The Morgan fingerprint density at radius 2 is 1.88 bits per heavy atom. The minimum Gasteiger partial charge on any atom is -0.480 e. The number of fused-ring (bicyclic) bond motifs is 1. The van der Waals surface area contributed by atoms with E-state index in [1.54, 1.807) is 24.4 Å². The molecule has 10 heteroatoms. The second kappa shape index (κ2) is 10.7. The molecule has 0 unspecified atom stereocenters. The van der Waals surface area contributed by atoms with Crippen LogP contribution in [0.5, 0.6) is 5.88 Å². The van der Waals surface area contributed by atoms with Gasteiger partial charge in [0.15, 0.2) is 6.29 Å². The molecule has 33 heavy (non-hydrogen) atoms. The van der Waals surface area contributed by atoms with Crippen LogP contribution in [0.15, 0.2) is 59.6 Å². The zero-order valence-electron chi connectivity index (χ0n) is 17.7. The number of hydrogen-bond acceptors (Lipinski definition) is 8. The van der Waals surface area contributed by atoms with Gasteiger partial charge in [0.05, 0.1) is 23.1 Å². The number of nitrogens with one attached hydrogen (secondary N) is 1. The second-order valence-corrected chi connectivity index (χ2v) is 7.40. The van der Waals surface area contributed by atoms with E-state index in [1.807, 2.05) is 12.1 Å². The van der Waals surface area contributed by atoms with Crippen LogP contribution in [0.2, 0.25) is 0 Å². The van der Waals surface area contributed by atoms with Crippen LogP contribution in [0.1, 0.15) is 10.4 Å². The molecule has 0 aliphatic heterocycles. The van der Waals surface area contributed by atoms with Crippen molar-refractivity contribution in [1.82, 2.24) is 9.97 Å². The number of nitrogens with two attached hydrogens (primary N) is 1. The summed E-state index contributed by atoms with van der Waals surface area (Å²) < 4.78 is 35.3. The number of methoxy groups -OCH3 is 1. The summed E-state index contributed by atoms with van der Waals surface area (Å²) >= 11 is 0.977. The highest BCUT2D eigenvalue weighted by Gasteiger charge is 2.12. The fourth-order valence-corrected chi connectivity index (χ4v) is 3.65. The maximum atomic E-state index is 13.9. The van der Waals surface area contributed by atoms with Crippen molar-refractivity contribution in [2.45, 2.75) is 4.90 Å². The number of carbonyl (C=O) groups is 1. The lowest BCUT2D eigenvalue weighted by molar-refractivity contribution is 0.112. The smallest absolute Gasteiger partial charge is 0.237 e. The van der Waals surface area contributed by atoms with Crippen molar-refractivity contribution in [3.8, 4) is 17.0 Å². The summed E-state index contributed by atoms with van der Waals surface area (Å²) in [5.74, 6) is -0.823. The number of ether oxygens (including phenoxy) is 1. The minimum atomic E-state index is -0.673. The van der Waals surface area contributed by atoms with Gasteiger partial charge in [-0.25, -0.2) is 18.7 Å². The summed E-state index contributed by atoms with van der Waals surface area (Å²) in [5.41, 5.74) is 8.85. The van der Waals surface area contributed by atoms with Crippen LogP contribution in [0.25, 0.3) is 22.0 Å². The lowest BCUT2D eigenvalue weighted by atomic mass is 10.0. The van der Waals surface area contributed by atoms with Crippen molar-refractivity contribution < 1.29 is 23.4 Å². The lowest BCUT2D eigenvalue weighted by Gasteiger charge is -2.12. The highest BCUT2D eigenvalue weighted by molar-refractivity contribution is 8.00. The summed E-state index contributed by atoms with van der Waals surface area (Å²) in [6.45, 7) is 0. The molecule has 4 rings (SSSR count). The van der Waals surface area contributed by atoms with E-state index in [0.717, 1.165) is 41.6 Å².